The number of hydrogen-bond acceptors (Lipinski definition) is 2. The molecule has 104 valence electrons. The maximum absolute atomic E-state index is 13.8. The van der Waals surface area contributed by atoms with Crippen LogP contribution >= 0.6 is 15.9 Å². The number of fused-ring (bicyclic) bond motifs is 1. The minimum atomic E-state index is -0.453. The fourth-order valence-corrected chi connectivity index (χ4v) is 3.04. The van der Waals surface area contributed by atoms with Crippen LogP contribution in [-0.2, 0) is 13.0 Å². The van der Waals surface area contributed by atoms with E-state index in [9.17, 15) is 9.50 Å². The Bertz CT molecular complexity index is 632. The summed E-state index contributed by atoms with van der Waals surface area (Å²) in [4.78, 5) is 0. The predicted molar refractivity (Wildman–Crippen MR) is 79.8 cm³/mol. The average molecular weight is 336 g/mol. The number of aliphatic hydroxyl groups excluding tert-OH is 1. The number of benzene rings is 2. The molecule has 3 rings (SSSR count). The van der Waals surface area contributed by atoms with E-state index < -0.39 is 6.10 Å². The number of aliphatic hydroxyl groups is 1. The molecule has 2 aromatic carbocycles. The summed E-state index contributed by atoms with van der Waals surface area (Å²) in [6, 6.07) is 12.9. The second-order valence-electron chi connectivity index (χ2n) is 5.06. The van der Waals surface area contributed by atoms with Crippen molar-refractivity contribution in [3.63, 3.8) is 0 Å². The van der Waals surface area contributed by atoms with Crippen molar-refractivity contribution in [2.45, 2.75) is 25.1 Å². The van der Waals surface area contributed by atoms with Gasteiger partial charge in [0.1, 0.15) is 5.82 Å². The molecule has 20 heavy (non-hydrogen) atoms. The van der Waals surface area contributed by atoms with Crippen LogP contribution in [0.1, 0.15) is 22.7 Å². The fourth-order valence-electron chi connectivity index (χ4n) is 2.70. The van der Waals surface area contributed by atoms with Gasteiger partial charge in [0.2, 0.25) is 0 Å². The Morgan fingerprint density at radius 3 is 2.85 bits per heavy atom. The summed E-state index contributed by atoms with van der Waals surface area (Å²) in [5, 5.41) is 13.4. The molecule has 0 heterocycles. The number of halogens is 2. The molecule has 2 atom stereocenters. The van der Waals surface area contributed by atoms with Crippen molar-refractivity contribution in [2.24, 2.45) is 0 Å². The largest absolute Gasteiger partial charge is 0.391 e. The lowest BCUT2D eigenvalue weighted by Crippen LogP contribution is -2.28. The van der Waals surface area contributed by atoms with Crippen molar-refractivity contribution in [1.82, 2.24) is 5.32 Å². The van der Waals surface area contributed by atoms with Crippen LogP contribution in [0, 0.1) is 5.82 Å². The highest BCUT2D eigenvalue weighted by Crippen LogP contribution is 2.31. The van der Waals surface area contributed by atoms with Gasteiger partial charge >= 0.3 is 0 Å². The van der Waals surface area contributed by atoms with Crippen molar-refractivity contribution in [3.05, 3.63) is 69.4 Å². The first-order valence-electron chi connectivity index (χ1n) is 6.58. The van der Waals surface area contributed by atoms with Crippen molar-refractivity contribution >= 4 is 15.9 Å². The summed E-state index contributed by atoms with van der Waals surface area (Å²) in [6.07, 6.45) is 0.197. The molecule has 0 unspecified atom stereocenters. The van der Waals surface area contributed by atoms with Crippen molar-refractivity contribution < 1.29 is 9.50 Å². The van der Waals surface area contributed by atoms with E-state index >= 15 is 0 Å². The van der Waals surface area contributed by atoms with Gasteiger partial charge < -0.3 is 10.4 Å². The Morgan fingerprint density at radius 2 is 2.05 bits per heavy atom. The summed E-state index contributed by atoms with van der Waals surface area (Å²) in [5.41, 5.74) is 2.87. The Morgan fingerprint density at radius 1 is 1.25 bits per heavy atom. The second-order valence-corrected chi connectivity index (χ2v) is 5.98. The van der Waals surface area contributed by atoms with Gasteiger partial charge in [0.05, 0.1) is 12.1 Å². The van der Waals surface area contributed by atoms with E-state index in [1.165, 1.54) is 6.07 Å². The standard InChI is InChI=1S/C16H15BrFNO/c17-12-6-5-11(14(18)8-12)9-19-16-13-4-2-1-3-10(13)7-15(16)20/h1-6,8,15-16,19-20H,7,9H2/t15-,16+/m0/s1. The van der Waals surface area contributed by atoms with Crippen molar-refractivity contribution in [2.75, 3.05) is 0 Å². The van der Waals surface area contributed by atoms with Crippen LogP contribution in [0.25, 0.3) is 0 Å². The van der Waals surface area contributed by atoms with E-state index in [4.69, 9.17) is 0 Å². The first kappa shape index (κ1) is 13.7. The first-order valence-corrected chi connectivity index (χ1v) is 7.37. The third-order valence-electron chi connectivity index (χ3n) is 3.73. The SMILES string of the molecule is O[C@H]1Cc2ccccc2[C@H]1NCc1ccc(Br)cc1F. The molecule has 1 aliphatic rings. The first-order chi connectivity index (χ1) is 9.65. The van der Waals surface area contributed by atoms with Crippen LogP contribution in [0.5, 0.6) is 0 Å². The number of nitrogens with one attached hydrogen (secondary N) is 1. The van der Waals surface area contributed by atoms with Gasteiger partial charge in [-0.05, 0) is 23.3 Å². The quantitative estimate of drug-likeness (QED) is 0.901. The highest BCUT2D eigenvalue weighted by atomic mass is 79.9. The topological polar surface area (TPSA) is 32.3 Å². The number of rotatable bonds is 3. The molecule has 1 aliphatic carbocycles. The van der Waals surface area contributed by atoms with Gasteiger partial charge in [-0.25, -0.2) is 4.39 Å². The van der Waals surface area contributed by atoms with E-state index in [-0.39, 0.29) is 11.9 Å². The fraction of sp³-hybridized carbons (Fsp3) is 0.250. The lowest BCUT2D eigenvalue weighted by atomic mass is 10.1. The zero-order valence-electron chi connectivity index (χ0n) is 10.8. The third kappa shape index (κ3) is 2.64. The molecule has 0 fully saturated rings. The molecule has 2 nitrogen and oxygen atoms in total. The monoisotopic (exact) mass is 335 g/mol. The molecule has 0 radical (unpaired) electrons. The molecule has 4 heteroatoms. The minimum Gasteiger partial charge on any atom is -0.391 e. The molecule has 0 saturated carbocycles. The normalized spacial score (nSPS) is 20.9. The van der Waals surface area contributed by atoms with E-state index in [0.717, 1.165) is 15.6 Å². The van der Waals surface area contributed by atoms with Crippen molar-refractivity contribution in [3.8, 4) is 0 Å². The summed E-state index contributed by atoms with van der Waals surface area (Å²) >= 11 is 3.24. The Hall–Kier alpha value is -1.23. The molecular formula is C16H15BrFNO. The van der Waals surface area contributed by atoms with Gasteiger partial charge in [-0.1, -0.05) is 46.3 Å². The molecule has 0 aromatic heterocycles. The van der Waals surface area contributed by atoms with Crippen LogP contribution in [0.2, 0.25) is 0 Å². The van der Waals surface area contributed by atoms with Gasteiger partial charge in [-0.2, -0.15) is 0 Å². The van der Waals surface area contributed by atoms with Crippen LogP contribution in [0.3, 0.4) is 0 Å². The molecule has 0 spiro atoms. The Balaban J connectivity index is 1.75. The van der Waals surface area contributed by atoms with E-state index in [0.29, 0.717) is 18.5 Å². The van der Waals surface area contributed by atoms with Gasteiger partial charge in [0.15, 0.2) is 0 Å². The van der Waals surface area contributed by atoms with Crippen LogP contribution in [0.15, 0.2) is 46.9 Å². The summed E-state index contributed by atoms with van der Waals surface area (Å²) in [5.74, 6) is -0.243. The van der Waals surface area contributed by atoms with Gasteiger partial charge in [-0.15, -0.1) is 0 Å². The smallest absolute Gasteiger partial charge is 0.128 e. The lowest BCUT2D eigenvalue weighted by Gasteiger charge is -2.18. The molecule has 0 saturated heterocycles. The zero-order valence-corrected chi connectivity index (χ0v) is 12.4. The third-order valence-corrected chi connectivity index (χ3v) is 4.22. The highest BCUT2D eigenvalue weighted by molar-refractivity contribution is 9.10. The maximum Gasteiger partial charge on any atom is 0.128 e. The predicted octanol–water partition coefficient (Wildman–Crippen LogP) is 3.34. The van der Waals surface area contributed by atoms with Crippen molar-refractivity contribution in [1.29, 1.82) is 0 Å². The summed E-state index contributed by atoms with van der Waals surface area (Å²) in [7, 11) is 0. The van der Waals surface area contributed by atoms with E-state index in [1.807, 2.05) is 30.3 Å². The van der Waals surface area contributed by atoms with E-state index in [1.54, 1.807) is 6.07 Å². The van der Waals surface area contributed by atoms with Crippen LogP contribution in [-0.4, -0.2) is 11.2 Å². The maximum atomic E-state index is 13.8. The highest BCUT2D eigenvalue weighted by Gasteiger charge is 2.30. The summed E-state index contributed by atoms with van der Waals surface area (Å²) in [6.45, 7) is 0.398. The molecule has 0 bridgehead atoms. The summed E-state index contributed by atoms with van der Waals surface area (Å²) < 4.78 is 14.5. The zero-order chi connectivity index (χ0) is 14.1. The minimum absolute atomic E-state index is 0.130. The van der Waals surface area contributed by atoms with Gasteiger partial charge in [0.25, 0.3) is 0 Å². The van der Waals surface area contributed by atoms with Gasteiger partial charge in [0, 0.05) is 23.0 Å². The number of hydrogen-bond donors (Lipinski definition) is 2. The Labute approximate surface area is 125 Å². The van der Waals surface area contributed by atoms with Crippen LogP contribution in [0.4, 0.5) is 4.39 Å². The average Bonchev–Trinajstić information content (AvgIpc) is 2.74. The van der Waals surface area contributed by atoms with Crippen LogP contribution < -0.4 is 5.32 Å². The molecule has 2 N–H and O–H groups in total. The van der Waals surface area contributed by atoms with E-state index in [2.05, 4.69) is 21.2 Å². The second kappa shape index (κ2) is 5.64. The van der Waals surface area contributed by atoms with Gasteiger partial charge in [-0.3, -0.25) is 0 Å². The lowest BCUT2D eigenvalue weighted by molar-refractivity contribution is 0.140. The molecular weight excluding hydrogens is 321 g/mol. The molecule has 0 aliphatic heterocycles. The Kier molecular flexibility index (Phi) is 3.87. The molecule has 0 amide bonds. The molecule has 2 aromatic rings.